The monoisotopic (exact) mass is 196 g/mol. The molecule has 0 bridgehead atoms. The predicted octanol–water partition coefficient (Wildman–Crippen LogP) is 3.34. The third-order valence-corrected chi connectivity index (χ3v) is 3.28. The smallest absolute Gasteiger partial charge is 0.321 e. The molecule has 0 aliphatic heterocycles. The van der Waals surface area contributed by atoms with E-state index >= 15 is 0 Å². The van der Waals surface area contributed by atoms with Crippen molar-refractivity contribution in [1.82, 2.24) is 0 Å². The van der Waals surface area contributed by atoms with Gasteiger partial charge in [-0.2, -0.15) is 8.78 Å². The zero-order valence-corrected chi connectivity index (χ0v) is 9.29. The summed E-state index contributed by atoms with van der Waals surface area (Å²) in [5, 5.41) is 0. The van der Waals surface area contributed by atoms with E-state index in [1.165, 1.54) is 0 Å². The predicted molar refractivity (Wildman–Crippen MR) is 49.3 cm³/mol. The quantitative estimate of drug-likeness (QED) is 0.484. The van der Waals surface area contributed by atoms with E-state index in [-0.39, 0.29) is 6.61 Å². The minimum Gasteiger partial charge on any atom is -0.321 e. The normalized spacial score (nSPS) is 13.5. The van der Waals surface area contributed by atoms with Gasteiger partial charge in [0, 0.05) is 15.0 Å². The Morgan fingerprint density at radius 3 is 2.08 bits per heavy atom. The summed E-state index contributed by atoms with van der Waals surface area (Å²) in [5.41, 5.74) is 0. The first-order chi connectivity index (χ1) is 5.21. The Labute approximate surface area is 74.1 Å². The molecule has 0 saturated heterocycles. The molecule has 12 heavy (non-hydrogen) atoms. The number of hydrogen-bond acceptors (Lipinski definition) is 1. The van der Waals surface area contributed by atoms with Gasteiger partial charge in [-0.3, -0.25) is 0 Å². The van der Waals surface area contributed by atoms with Crippen LogP contribution in [0.2, 0.25) is 25.7 Å². The van der Waals surface area contributed by atoms with E-state index in [9.17, 15) is 8.78 Å². The van der Waals surface area contributed by atoms with Gasteiger partial charge < -0.3 is 4.74 Å². The summed E-state index contributed by atoms with van der Waals surface area (Å²) in [6, 6.07) is 1.04. The number of alkyl halides is 2. The number of ether oxygens (including phenoxy) is 1. The summed E-state index contributed by atoms with van der Waals surface area (Å²) in [6.45, 7) is 7.61. The van der Waals surface area contributed by atoms with Crippen molar-refractivity contribution in [3.05, 3.63) is 0 Å². The molecule has 0 aromatic rings. The fraction of sp³-hybridized carbons (Fsp3) is 1.00. The molecule has 0 aliphatic rings. The number of hydrogen-bond donors (Lipinski definition) is 0. The van der Waals surface area contributed by atoms with Crippen molar-refractivity contribution in [2.75, 3.05) is 6.61 Å². The highest BCUT2D eigenvalue weighted by Gasteiger charge is 2.21. The molecular weight excluding hydrogens is 178 g/mol. The summed E-state index contributed by atoms with van der Waals surface area (Å²) in [6.07, 6.45) is -2.21. The number of rotatable bonds is 5. The molecular formula is C8H18F2OSi. The van der Waals surface area contributed by atoms with Crippen LogP contribution in [0.15, 0.2) is 0 Å². The Bertz CT molecular complexity index is 110. The van der Waals surface area contributed by atoms with E-state index in [2.05, 4.69) is 24.4 Å². The maximum absolute atomic E-state index is 12.1. The molecule has 0 saturated carbocycles. The maximum Gasteiger partial charge on any atom is 0.352 e. The van der Waals surface area contributed by atoms with E-state index < -0.39 is 14.2 Å². The highest BCUT2D eigenvalue weighted by Crippen LogP contribution is 2.16. The molecule has 0 N–H and O–H groups in total. The first kappa shape index (κ1) is 12.0. The van der Waals surface area contributed by atoms with Crippen LogP contribution in [0.4, 0.5) is 8.78 Å². The second-order valence-corrected chi connectivity index (χ2v) is 9.94. The van der Waals surface area contributed by atoms with E-state index in [0.29, 0.717) is 0 Å². The molecule has 0 aromatic heterocycles. The second kappa shape index (κ2) is 4.32. The van der Waals surface area contributed by atoms with Crippen LogP contribution in [-0.2, 0) is 4.74 Å². The van der Waals surface area contributed by atoms with Crippen molar-refractivity contribution in [2.45, 2.75) is 45.1 Å². The van der Waals surface area contributed by atoms with Crippen LogP contribution in [0.25, 0.3) is 0 Å². The molecule has 0 radical (unpaired) electrons. The summed E-state index contributed by atoms with van der Waals surface area (Å²) >= 11 is 0. The summed E-state index contributed by atoms with van der Waals surface area (Å²) < 4.78 is 28.6. The average Bonchev–Trinajstić information content (AvgIpc) is 1.76. The standard InChI is InChI=1S/C8H18F2OSi/c1-8(9,10)11-6-5-7-12(2,3)4/h5-7H2,1-4H3. The van der Waals surface area contributed by atoms with Crippen molar-refractivity contribution in [3.8, 4) is 0 Å². The van der Waals surface area contributed by atoms with E-state index in [0.717, 1.165) is 19.4 Å². The van der Waals surface area contributed by atoms with Gasteiger partial charge in [0.1, 0.15) is 0 Å². The lowest BCUT2D eigenvalue weighted by Crippen LogP contribution is -2.21. The van der Waals surface area contributed by atoms with Crippen LogP contribution in [0, 0.1) is 0 Å². The van der Waals surface area contributed by atoms with Gasteiger partial charge in [-0.05, 0) is 6.42 Å². The summed E-state index contributed by atoms with van der Waals surface area (Å²) in [5.74, 6) is 0. The van der Waals surface area contributed by atoms with E-state index in [1.54, 1.807) is 0 Å². The Balaban J connectivity index is 3.35. The van der Waals surface area contributed by atoms with Gasteiger partial charge in [-0.1, -0.05) is 25.7 Å². The van der Waals surface area contributed by atoms with E-state index in [1.807, 2.05) is 0 Å². The van der Waals surface area contributed by atoms with Crippen LogP contribution in [0.1, 0.15) is 13.3 Å². The summed E-state index contributed by atoms with van der Waals surface area (Å²) in [7, 11) is -1.08. The fourth-order valence-electron chi connectivity index (χ4n) is 0.854. The molecule has 0 amide bonds. The lowest BCUT2D eigenvalue weighted by molar-refractivity contribution is -0.223. The zero-order chi connectivity index (χ0) is 9.83. The molecule has 0 atom stereocenters. The van der Waals surface area contributed by atoms with E-state index in [4.69, 9.17) is 0 Å². The first-order valence-corrected chi connectivity index (χ1v) is 7.93. The molecule has 0 spiro atoms. The topological polar surface area (TPSA) is 9.23 Å². The lowest BCUT2D eigenvalue weighted by Gasteiger charge is -2.16. The summed E-state index contributed by atoms with van der Waals surface area (Å²) in [4.78, 5) is 0. The molecule has 0 fully saturated rings. The van der Waals surface area contributed by atoms with Gasteiger partial charge in [-0.15, -0.1) is 0 Å². The average molecular weight is 196 g/mol. The molecule has 0 aliphatic carbocycles. The SMILES string of the molecule is CC(F)(F)OCCC[Si](C)(C)C. The van der Waals surface area contributed by atoms with Crippen molar-refractivity contribution in [2.24, 2.45) is 0 Å². The van der Waals surface area contributed by atoms with Crippen LogP contribution >= 0.6 is 0 Å². The second-order valence-electron chi connectivity index (χ2n) is 4.32. The minimum atomic E-state index is -2.96. The Morgan fingerprint density at radius 1 is 1.25 bits per heavy atom. The maximum atomic E-state index is 12.1. The molecule has 0 aromatic carbocycles. The van der Waals surface area contributed by atoms with Gasteiger partial charge in [0.15, 0.2) is 0 Å². The number of halogens is 2. The Hall–Kier alpha value is 0.0369. The molecule has 0 heterocycles. The highest BCUT2D eigenvalue weighted by molar-refractivity contribution is 6.76. The van der Waals surface area contributed by atoms with Crippen molar-refractivity contribution < 1.29 is 13.5 Å². The molecule has 0 rings (SSSR count). The fourth-order valence-corrected chi connectivity index (χ4v) is 2.06. The van der Waals surface area contributed by atoms with Gasteiger partial charge in [0.25, 0.3) is 0 Å². The lowest BCUT2D eigenvalue weighted by atomic mass is 10.5. The van der Waals surface area contributed by atoms with Gasteiger partial charge in [0.2, 0.25) is 0 Å². The highest BCUT2D eigenvalue weighted by atomic mass is 28.3. The van der Waals surface area contributed by atoms with Crippen molar-refractivity contribution in [3.63, 3.8) is 0 Å². The van der Waals surface area contributed by atoms with Gasteiger partial charge in [-0.25, -0.2) is 0 Å². The van der Waals surface area contributed by atoms with Crippen LogP contribution < -0.4 is 0 Å². The van der Waals surface area contributed by atoms with Crippen molar-refractivity contribution in [1.29, 1.82) is 0 Å². The van der Waals surface area contributed by atoms with Gasteiger partial charge >= 0.3 is 6.11 Å². The Kier molecular flexibility index (Phi) is 4.34. The van der Waals surface area contributed by atoms with Gasteiger partial charge in [0.05, 0.1) is 6.61 Å². The molecule has 0 unspecified atom stereocenters. The zero-order valence-electron chi connectivity index (χ0n) is 8.29. The van der Waals surface area contributed by atoms with Crippen molar-refractivity contribution >= 4 is 8.07 Å². The third kappa shape index (κ3) is 10.0. The molecule has 4 heteroatoms. The third-order valence-electron chi connectivity index (χ3n) is 1.43. The Morgan fingerprint density at radius 2 is 1.75 bits per heavy atom. The van der Waals surface area contributed by atoms with Crippen LogP contribution in [-0.4, -0.2) is 20.8 Å². The van der Waals surface area contributed by atoms with Crippen LogP contribution in [0.3, 0.4) is 0 Å². The molecule has 1 nitrogen and oxygen atoms in total. The largest absolute Gasteiger partial charge is 0.352 e. The van der Waals surface area contributed by atoms with Crippen LogP contribution in [0.5, 0.6) is 0 Å². The first-order valence-electron chi connectivity index (χ1n) is 4.22. The minimum absolute atomic E-state index is 0.174. The molecule has 74 valence electrons.